The predicted molar refractivity (Wildman–Crippen MR) is 73.6 cm³/mol. The third kappa shape index (κ3) is 3.75. The van der Waals surface area contributed by atoms with Crippen molar-refractivity contribution in [2.24, 2.45) is 0 Å². The van der Waals surface area contributed by atoms with E-state index in [9.17, 15) is 0 Å². The lowest BCUT2D eigenvalue weighted by Gasteiger charge is -2.13. The first-order valence-electron chi connectivity index (χ1n) is 6.77. The molecule has 0 spiro atoms. The van der Waals surface area contributed by atoms with Gasteiger partial charge in [0.2, 0.25) is 0 Å². The number of aromatic nitrogens is 2. The Labute approximate surface area is 110 Å². The molecule has 0 aliphatic heterocycles. The monoisotopic (exact) mass is 248 g/mol. The van der Waals surface area contributed by atoms with Crippen LogP contribution in [0, 0.1) is 13.8 Å². The van der Waals surface area contributed by atoms with Gasteiger partial charge >= 0.3 is 0 Å². The molecule has 4 heteroatoms. The zero-order chi connectivity index (χ0) is 13.1. The molecule has 0 saturated heterocycles. The van der Waals surface area contributed by atoms with Crippen LogP contribution < -0.4 is 5.32 Å². The molecule has 0 amide bonds. The first kappa shape index (κ1) is 13.4. The maximum Gasteiger partial charge on any atom is 0.142 e. The van der Waals surface area contributed by atoms with Gasteiger partial charge in [-0.15, -0.1) is 0 Å². The van der Waals surface area contributed by atoms with Crippen LogP contribution in [0.3, 0.4) is 0 Å². The SMILES string of the molecule is Cc1nc(CN(C)C)nc(C)c1CCNC1CC1. The van der Waals surface area contributed by atoms with Gasteiger partial charge in [-0.1, -0.05) is 0 Å². The lowest BCUT2D eigenvalue weighted by atomic mass is 10.1. The number of hydrogen-bond donors (Lipinski definition) is 1. The molecule has 2 rings (SSSR count). The molecular weight excluding hydrogens is 224 g/mol. The predicted octanol–water partition coefficient (Wildman–Crippen LogP) is 1.45. The highest BCUT2D eigenvalue weighted by molar-refractivity contribution is 5.24. The minimum absolute atomic E-state index is 0.777. The van der Waals surface area contributed by atoms with Crippen molar-refractivity contribution in [3.05, 3.63) is 22.8 Å². The third-order valence-electron chi connectivity index (χ3n) is 3.31. The lowest BCUT2D eigenvalue weighted by Crippen LogP contribution is -2.21. The van der Waals surface area contributed by atoms with E-state index in [0.29, 0.717) is 0 Å². The molecule has 0 aromatic carbocycles. The Morgan fingerprint density at radius 1 is 1.17 bits per heavy atom. The quantitative estimate of drug-likeness (QED) is 0.827. The summed E-state index contributed by atoms with van der Waals surface area (Å²) >= 11 is 0. The molecule has 1 heterocycles. The van der Waals surface area contributed by atoms with Crippen LogP contribution in [0.5, 0.6) is 0 Å². The van der Waals surface area contributed by atoms with Crippen LogP contribution in [0.15, 0.2) is 0 Å². The maximum absolute atomic E-state index is 4.61. The van der Waals surface area contributed by atoms with E-state index >= 15 is 0 Å². The molecular formula is C14H24N4. The van der Waals surface area contributed by atoms with E-state index in [-0.39, 0.29) is 0 Å². The Bertz CT molecular complexity index is 387. The van der Waals surface area contributed by atoms with Crippen LogP contribution in [0.1, 0.15) is 35.6 Å². The lowest BCUT2D eigenvalue weighted by molar-refractivity contribution is 0.389. The zero-order valence-electron chi connectivity index (χ0n) is 12.0. The second kappa shape index (κ2) is 5.76. The summed E-state index contributed by atoms with van der Waals surface area (Å²) in [6.45, 7) is 6.05. The number of aryl methyl sites for hydroxylation is 2. The average molecular weight is 248 g/mol. The van der Waals surface area contributed by atoms with Gasteiger partial charge in [0, 0.05) is 17.4 Å². The number of nitrogens with zero attached hydrogens (tertiary/aromatic N) is 3. The minimum atomic E-state index is 0.777. The van der Waals surface area contributed by atoms with E-state index in [4.69, 9.17) is 0 Å². The van der Waals surface area contributed by atoms with Crippen LogP contribution in [0.2, 0.25) is 0 Å². The molecule has 0 bridgehead atoms. The molecule has 1 saturated carbocycles. The smallest absolute Gasteiger partial charge is 0.142 e. The summed E-state index contributed by atoms with van der Waals surface area (Å²) in [5.74, 6) is 0.925. The van der Waals surface area contributed by atoms with Crippen molar-refractivity contribution in [2.45, 2.75) is 45.7 Å². The molecule has 100 valence electrons. The van der Waals surface area contributed by atoms with E-state index in [1.54, 1.807) is 0 Å². The van der Waals surface area contributed by atoms with Crippen molar-refractivity contribution in [3.63, 3.8) is 0 Å². The molecule has 1 aromatic rings. The summed E-state index contributed by atoms with van der Waals surface area (Å²) in [6, 6.07) is 0.777. The minimum Gasteiger partial charge on any atom is -0.314 e. The molecule has 0 unspecified atom stereocenters. The highest BCUT2D eigenvalue weighted by Crippen LogP contribution is 2.19. The van der Waals surface area contributed by atoms with Crippen LogP contribution >= 0.6 is 0 Å². The molecule has 1 N–H and O–H groups in total. The van der Waals surface area contributed by atoms with Crippen molar-refractivity contribution >= 4 is 0 Å². The molecule has 0 atom stereocenters. The average Bonchev–Trinajstić information content (AvgIpc) is 3.05. The number of hydrogen-bond acceptors (Lipinski definition) is 4. The van der Waals surface area contributed by atoms with Crippen LogP contribution in [-0.4, -0.2) is 41.5 Å². The molecule has 18 heavy (non-hydrogen) atoms. The summed E-state index contributed by atoms with van der Waals surface area (Å²) in [5.41, 5.74) is 3.58. The molecule has 1 fully saturated rings. The van der Waals surface area contributed by atoms with E-state index in [2.05, 4.69) is 34.0 Å². The first-order valence-corrected chi connectivity index (χ1v) is 6.77. The van der Waals surface area contributed by atoms with Gasteiger partial charge < -0.3 is 10.2 Å². The first-order chi connectivity index (χ1) is 8.56. The number of rotatable bonds is 6. The summed E-state index contributed by atoms with van der Waals surface area (Å²) < 4.78 is 0. The van der Waals surface area contributed by atoms with Crippen molar-refractivity contribution < 1.29 is 0 Å². The van der Waals surface area contributed by atoms with Crippen LogP contribution in [-0.2, 0) is 13.0 Å². The largest absolute Gasteiger partial charge is 0.314 e. The summed E-state index contributed by atoms with van der Waals surface area (Å²) in [7, 11) is 4.09. The van der Waals surface area contributed by atoms with Gasteiger partial charge in [0.05, 0.1) is 6.54 Å². The summed E-state index contributed by atoms with van der Waals surface area (Å²) in [4.78, 5) is 11.3. The molecule has 1 aliphatic rings. The normalized spacial score (nSPS) is 15.4. The van der Waals surface area contributed by atoms with Crippen molar-refractivity contribution in [3.8, 4) is 0 Å². The van der Waals surface area contributed by atoms with E-state index in [0.717, 1.165) is 42.8 Å². The van der Waals surface area contributed by atoms with Crippen LogP contribution in [0.4, 0.5) is 0 Å². The van der Waals surface area contributed by atoms with Gasteiger partial charge in [-0.05, 0) is 59.3 Å². The molecule has 1 aliphatic carbocycles. The van der Waals surface area contributed by atoms with Gasteiger partial charge in [-0.3, -0.25) is 0 Å². The Kier molecular flexibility index (Phi) is 4.30. The summed E-state index contributed by atoms with van der Waals surface area (Å²) in [5, 5.41) is 3.54. The van der Waals surface area contributed by atoms with Crippen molar-refractivity contribution in [1.29, 1.82) is 0 Å². The second-order valence-electron chi connectivity index (χ2n) is 5.51. The fourth-order valence-corrected chi connectivity index (χ4v) is 2.21. The third-order valence-corrected chi connectivity index (χ3v) is 3.31. The van der Waals surface area contributed by atoms with E-state index in [1.807, 2.05) is 14.1 Å². The Hall–Kier alpha value is -1.00. The van der Waals surface area contributed by atoms with Gasteiger partial charge in [0.15, 0.2) is 0 Å². The van der Waals surface area contributed by atoms with Crippen LogP contribution in [0.25, 0.3) is 0 Å². The molecule has 4 nitrogen and oxygen atoms in total. The topological polar surface area (TPSA) is 41.1 Å². The fraction of sp³-hybridized carbons (Fsp3) is 0.714. The highest BCUT2D eigenvalue weighted by Gasteiger charge is 2.20. The fourth-order valence-electron chi connectivity index (χ4n) is 2.21. The van der Waals surface area contributed by atoms with Gasteiger partial charge in [0.25, 0.3) is 0 Å². The van der Waals surface area contributed by atoms with Gasteiger partial charge in [-0.2, -0.15) is 0 Å². The molecule has 0 radical (unpaired) electrons. The highest BCUT2D eigenvalue weighted by atomic mass is 15.1. The second-order valence-corrected chi connectivity index (χ2v) is 5.51. The Balaban J connectivity index is 2.00. The molecule has 1 aromatic heterocycles. The Morgan fingerprint density at radius 2 is 1.78 bits per heavy atom. The maximum atomic E-state index is 4.61. The standard InChI is InChI=1S/C14H24N4/c1-10-13(7-8-15-12-5-6-12)11(2)17-14(16-10)9-18(3)4/h12,15H,5-9H2,1-4H3. The summed E-state index contributed by atoms with van der Waals surface area (Å²) in [6.07, 6.45) is 3.73. The van der Waals surface area contributed by atoms with Crippen molar-refractivity contribution in [1.82, 2.24) is 20.2 Å². The van der Waals surface area contributed by atoms with Gasteiger partial charge in [-0.25, -0.2) is 9.97 Å². The Morgan fingerprint density at radius 3 is 2.28 bits per heavy atom. The van der Waals surface area contributed by atoms with Crippen molar-refractivity contribution in [2.75, 3.05) is 20.6 Å². The van der Waals surface area contributed by atoms with E-state index in [1.165, 1.54) is 18.4 Å². The number of nitrogens with one attached hydrogen (secondary N) is 1. The van der Waals surface area contributed by atoms with Gasteiger partial charge in [0.1, 0.15) is 5.82 Å². The van der Waals surface area contributed by atoms with E-state index < -0.39 is 0 Å². The zero-order valence-corrected chi connectivity index (χ0v) is 12.0.